The number of carboxylic acids is 1. The summed E-state index contributed by atoms with van der Waals surface area (Å²) in [6, 6.07) is 13.6. The van der Waals surface area contributed by atoms with E-state index in [0.717, 1.165) is 54.0 Å². The van der Waals surface area contributed by atoms with Crippen molar-refractivity contribution in [1.82, 2.24) is 29.0 Å². The molecule has 0 spiro atoms. The van der Waals surface area contributed by atoms with Crippen LogP contribution in [-0.2, 0) is 26.7 Å². The summed E-state index contributed by atoms with van der Waals surface area (Å²) < 4.78 is 24.3. The van der Waals surface area contributed by atoms with Crippen LogP contribution < -0.4 is 4.74 Å². The van der Waals surface area contributed by atoms with Gasteiger partial charge in [0.2, 0.25) is 5.88 Å². The van der Waals surface area contributed by atoms with Gasteiger partial charge in [0, 0.05) is 35.6 Å². The van der Waals surface area contributed by atoms with Crippen LogP contribution in [0, 0.1) is 5.82 Å². The number of piperidine rings is 1. The Kier molecular flexibility index (Phi) is 7.90. The molecule has 1 aliphatic heterocycles. The number of halogens is 2. The summed E-state index contributed by atoms with van der Waals surface area (Å²) in [7, 11) is 1.94. The van der Waals surface area contributed by atoms with Gasteiger partial charge in [0.1, 0.15) is 18.2 Å². The Morgan fingerprint density at radius 1 is 1.14 bits per heavy atom. The average Bonchev–Trinajstić information content (AvgIpc) is 3.55. The number of likely N-dealkylation sites (tertiary alicyclic amines) is 1. The van der Waals surface area contributed by atoms with Crippen LogP contribution >= 0.6 is 11.6 Å². The maximum absolute atomic E-state index is 14.3. The van der Waals surface area contributed by atoms with Gasteiger partial charge in [0.05, 0.1) is 41.7 Å². The first-order valence-corrected chi connectivity index (χ1v) is 14.1. The molecule has 0 radical (unpaired) electrons. The first kappa shape index (κ1) is 27.9. The van der Waals surface area contributed by atoms with E-state index in [4.69, 9.17) is 21.3 Å². The topological polar surface area (TPSA) is 98.3 Å². The third-order valence-electron chi connectivity index (χ3n) is 7.88. The van der Waals surface area contributed by atoms with E-state index in [1.54, 1.807) is 42.9 Å². The molecule has 2 aromatic carbocycles. The number of nitrogens with zero attached hydrogens (tertiary/aromatic N) is 6. The van der Waals surface area contributed by atoms with Gasteiger partial charge in [0.15, 0.2) is 0 Å². The smallest absolute Gasteiger partial charge is 0.335 e. The fourth-order valence-corrected chi connectivity index (χ4v) is 5.68. The van der Waals surface area contributed by atoms with Crippen molar-refractivity contribution in [3.63, 3.8) is 0 Å². The largest absolute Gasteiger partial charge is 0.478 e. The summed E-state index contributed by atoms with van der Waals surface area (Å²) in [6.07, 6.45) is 7.07. The lowest BCUT2D eigenvalue weighted by Gasteiger charge is -2.32. The van der Waals surface area contributed by atoms with E-state index >= 15 is 0 Å². The number of carboxylic acid groups (broad SMARTS) is 1. The number of fused-ring (bicyclic) bond motifs is 1. The highest BCUT2D eigenvalue weighted by molar-refractivity contribution is 6.30. The predicted molar refractivity (Wildman–Crippen MR) is 156 cm³/mol. The molecule has 0 amide bonds. The molecule has 0 atom stereocenters. The number of imidazole rings is 2. The van der Waals surface area contributed by atoms with Crippen molar-refractivity contribution in [2.24, 2.45) is 7.05 Å². The second-order valence-corrected chi connectivity index (χ2v) is 11.0. The third-order valence-corrected chi connectivity index (χ3v) is 8.12. The van der Waals surface area contributed by atoms with Gasteiger partial charge < -0.3 is 19.0 Å². The molecule has 216 valence electrons. The van der Waals surface area contributed by atoms with E-state index in [-0.39, 0.29) is 18.1 Å². The highest BCUT2D eigenvalue weighted by Crippen LogP contribution is 2.34. The average molecular weight is 589 g/mol. The number of pyridine rings is 1. The standard InChI is InChI=1S/C31H30ClFN6O3/c1-37-19-34-15-24(37)16-39-28-13-21(31(40)41)5-7-27(28)36-29(39)17-38-11-8-20(9-12-38)25-3-2-10-35-30(25)42-18-22-4-6-23(32)14-26(22)33/h2-7,10,13-15,19-20H,8-9,11-12,16-18H2,1H3,(H,40,41). The van der Waals surface area contributed by atoms with E-state index in [0.29, 0.717) is 29.6 Å². The van der Waals surface area contributed by atoms with Gasteiger partial charge in [-0.3, -0.25) is 4.90 Å². The molecule has 9 nitrogen and oxygen atoms in total. The monoisotopic (exact) mass is 588 g/mol. The Balaban J connectivity index is 1.17. The molecule has 42 heavy (non-hydrogen) atoms. The van der Waals surface area contributed by atoms with Crippen LogP contribution in [0.25, 0.3) is 11.0 Å². The molecular formula is C31H30ClFN6O3. The molecule has 0 aliphatic carbocycles. The molecule has 1 N–H and O–H groups in total. The van der Waals surface area contributed by atoms with Gasteiger partial charge >= 0.3 is 5.97 Å². The quantitative estimate of drug-likeness (QED) is 0.237. The first-order valence-electron chi connectivity index (χ1n) is 13.8. The maximum Gasteiger partial charge on any atom is 0.335 e. The molecule has 5 aromatic rings. The molecule has 1 saturated heterocycles. The molecule has 0 bridgehead atoms. The number of aryl methyl sites for hydroxylation is 1. The summed E-state index contributed by atoms with van der Waals surface area (Å²) in [5.74, 6) is 0.291. The lowest BCUT2D eigenvalue weighted by molar-refractivity contribution is 0.0697. The highest BCUT2D eigenvalue weighted by Gasteiger charge is 2.26. The number of aromatic nitrogens is 5. The van der Waals surface area contributed by atoms with Crippen LogP contribution in [0.2, 0.25) is 5.02 Å². The van der Waals surface area contributed by atoms with E-state index in [1.165, 1.54) is 6.07 Å². The fraction of sp³-hybridized carbons (Fsp3) is 0.290. The predicted octanol–water partition coefficient (Wildman–Crippen LogP) is 5.66. The number of carbonyl (C=O) groups is 1. The zero-order valence-electron chi connectivity index (χ0n) is 23.1. The summed E-state index contributed by atoms with van der Waals surface area (Å²) in [5.41, 5.74) is 4.23. The molecule has 1 aliphatic rings. The van der Waals surface area contributed by atoms with Gasteiger partial charge in [-0.25, -0.2) is 24.1 Å². The van der Waals surface area contributed by atoms with Crippen molar-refractivity contribution < 1.29 is 19.0 Å². The number of hydrogen-bond acceptors (Lipinski definition) is 6. The van der Waals surface area contributed by atoms with Gasteiger partial charge in [0.25, 0.3) is 0 Å². The van der Waals surface area contributed by atoms with Crippen LogP contribution in [0.3, 0.4) is 0 Å². The summed E-state index contributed by atoms with van der Waals surface area (Å²) >= 11 is 5.88. The van der Waals surface area contributed by atoms with Crippen LogP contribution in [0.4, 0.5) is 4.39 Å². The van der Waals surface area contributed by atoms with E-state index in [2.05, 4.69) is 19.4 Å². The lowest BCUT2D eigenvalue weighted by Crippen LogP contribution is -2.33. The molecular weight excluding hydrogens is 559 g/mol. The number of ether oxygens (including phenoxy) is 1. The van der Waals surface area contributed by atoms with Crippen molar-refractivity contribution in [3.05, 3.63) is 106 Å². The highest BCUT2D eigenvalue weighted by atomic mass is 35.5. The molecule has 6 rings (SSSR count). The summed E-state index contributed by atoms with van der Waals surface area (Å²) in [6.45, 7) is 2.93. The number of hydrogen-bond donors (Lipinski definition) is 1. The maximum atomic E-state index is 14.3. The second-order valence-electron chi connectivity index (χ2n) is 10.6. The van der Waals surface area contributed by atoms with Crippen LogP contribution in [0.5, 0.6) is 5.88 Å². The Morgan fingerprint density at radius 2 is 1.98 bits per heavy atom. The minimum Gasteiger partial charge on any atom is -0.478 e. The summed E-state index contributed by atoms with van der Waals surface area (Å²) in [5, 5.41) is 9.92. The van der Waals surface area contributed by atoms with Crippen LogP contribution in [0.15, 0.2) is 67.3 Å². The van der Waals surface area contributed by atoms with Crippen molar-refractivity contribution in [1.29, 1.82) is 0 Å². The van der Waals surface area contributed by atoms with E-state index < -0.39 is 11.8 Å². The SMILES string of the molecule is Cn1cncc1Cn1c(CN2CCC(c3cccnc3OCc3ccc(Cl)cc3F)CC2)nc2ccc(C(=O)O)cc21. The molecule has 3 aromatic heterocycles. The first-order chi connectivity index (χ1) is 20.4. The van der Waals surface area contributed by atoms with E-state index in [9.17, 15) is 14.3 Å². The molecule has 4 heterocycles. The minimum atomic E-state index is -0.967. The lowest BCUT2D eigenvalue weighted by atomic mass is 9.90. The molecule has 0 saturated carbocycles. The molecule has 1 fully saturated rings. The fourth-order valence-electron chi connectivity index (χ4n) is 5.52. The van der Waals surface area contributed by atoms with Crippen LogP contribution in [0.1, 0.15) is 51.8 Å². The molecule has 11 heteroatoms. The summed E-state index contributed by atoms with van der Waals surface area (Å²) in [4.78, 5) is 27.6. The van der Waals surface area contributed by atoms with Crippen LogP contribution in [-0.4, -0.2) is 53.2 Å². The third kappa shape index (κ3) is 5.86. The van der Waals surface area contributed by atoms with E-state index in [1.807, 2.05) is 29.9 Å². The van der Waals surface area contributed by atoms with Crippen molar-refractivity contribution in [3.8, 4) is 5.88 Å². The Hall–Kier alpha value is -4.28. The zero-order valence-corrected chi connectivity index (χ0v) is 23.8. The zero-order chi connectivity index (χ0) is 29.2. The normalized spacial score (nSPS) is 14.5. The number of aromatic carboxylic acids is 1. The minimum absolute atomic E-state index is 0.0718. The Bertz CT molecular complexity index is 1740. The van der Waals surface area contributed by atoms with Gasteiger partial charge in [-0.2, -0.15) is 0 Å². The molecule has 0 unspecified atom stereocenters. The number of rotatable bonds is 9. The van der Waals surface area contributed by atoms with Crippen molar-refractivity contribution in [2.75, 3.05) is 13.1 Å². The Morgan fingerprint density at radius 3 is 2.71 bits per heavy atom. The van der Waals surface area contributed by atoms with Gasteiger partial charge in [-0.05, 0) is 68.2 Å². The van der Waals surface area contributed by atoms with Crippen molar-refractivity contribution in [2.45, 2.75) is 38.5 Å². The van der Waals surface area contributed by atoms with Crippen molar-refractivity contribution >= 4 is 28.6 Å². The number of benzene rings is 2. The van der Waals surface area contributed by atoms with Gasteiger partial charge in [-0.1, -0.05) is 23.7 Å². The second kappa shape index (κ2) is 11.9. The van der Waals surface area contributed by atoms with Gasteiger partial charge in [-0.15, -0.1) is 0 Å². The Labute approximate surface area is 247 Å².